The lowest BCUT2D eigenvalue weighted by atomic mass is 10.0. The summed E-state index contributed by atoms with van der Waals surface area (Å²) in [5, 5.41) is 0. The number of esters is 1. The fraction of sp³-hybridized carbons (Fsp3) is 0.471. The second kappa shape index (κ2) is 9.86. The van der Waals surface area contributed by atoms with E-state index in [0.717, 1.165) is 11.1 Å². The summed E-state index contributed by atoms with van der Waals surface area (Å²) in [6, 6.07) is 3.33. The first kappa shape index (κ1) is 19.0. The molecular formula is C17H24O6. The molecule has 0 spiro atoms. The molecule has 0 N–H and O–H groups in total. The van der Waals surface area contributed by atoms with E-state index in [4.69, 9.17) is 23.7 Å². The van der Waals surface area contributed by atoms with Crippen LogP contribution in [0, 0.1) is 0 Å². The largest absolute Gasteiger partial charge is 0.467 e. The van der Waals surface area contributed by atoms with Crippen molar-refractivity contribution in [2.45, 2.75) is 20.3 Å². The monoisotopic (exact) mass is 324 g/mol. The van der Waals surface area contributed by atoms with Crippen LogP contribution >= 0.6 is 0 Å². The number of hydrogen-bond acceptors (Lipinski definition) is 6. The Morgan fingerprint density at radius 2 is 1.70 bits per heavy atom. The summed E-state index contributed by atoms with van der Waals surface area (Å²) < 4.78 is 25.7. The van der Waals surface area contributed by atoms with Gasteiger partial charge < -0.3 is 23.7 Å². The van der Waals surface area contributed by atoms with Crippen LogP contribution in [0.5, 0.6) is 11.5 Å². The van der Waals surface area contributed by atoms with Gasteiger partial charge in [-0.3, -0.25) is 0 Å². The SMILES string of the molecule is COCOc1cc(OCOC)c(CC=C(C)C)c(C(=O)OC)c1. The zero-order chi connectivity index (χ0) is 17.2. The number of methoxy groups -OCH3 is 3. The van der Waals surface area contributed by atoms with E-state index in [9.17, 15) is 4.79 Å². The molecule has 0 aliphatic carbocycles. The zero-order valence-electron chi connectivity index (χ0n) is 14.3. The van der Waals surface area contributed by atoms with E-state index in [1.807, 2.05) is 19.9 Å². The van der Waals surface area contributed by atoms with Gasteiger partial charge in [0.15, 0.2) is 13.6 Å². The number of hydrogen-bond donors (Lipinski definition) is 0. The smallest absolute Gasteiger partial charge is 0.338 e. The van der Waals surface area contributed by atoms with Crippen molar-refractivity contribution in [1.29, 1.82) is 0 Å². The van der Waals surface area contributed by atoms with Gasteiger partial charge in [-0.15, -0.1) is 0 Å². The maximum absolute atomic E-state index is 12.1. The van der Waals surface area contributed by atoms with Gasteiger partial charge in [0.2, 0.25) is 0 Å². The lowest BCUT2D eigenvalue weighted by Gasteiger charge is -2.16. The molecule has 1 aromatic rings. The number of allylic oxidation sites excluding steroid dienone is 2. The zero-order valence-corrected chi connectivity index (χ0v) is 14.3. The maximum atomic E-state index is 12.1. The van der Waals surface area contributed by atoms with Gasteiger partial charge in [0.1, 0.15) is 11.5 Å². The lowest BCUT2D eigenvalue weighted by Crippen LogP contribution is -2.11. The van der Waals surface area contributed by atoms with Gasteiger partial charge in [-0.05, 0) is 26.3 Å². The van der Waals surface area contributed by atoms with Crippen LogP contribution in [-0.4, -0.2) is 40.9 Å². The average Bonchev–Trinajstić information content (AvgIpc) is 2.55. The molecule has 0 aliphatic rings. The first-order chi connectivity index (χ1) is 11.0. The Kier molecular flexibility index (Phi) is 8.15. The van der Waals surface area contributed by atoms with E-state index in [2.05, 4.69) is 0 Å². The third-order valence-corrected chi connectivity index (χ3v) is 2.98. The standard InChI is InChI=1S/C17H24O6/c1-12(2)6-7-14-15(17(18)21-5)8-13(22-10-19-3)9-16(14)23-11-20-4/h6,8-9H,7,10-11H2,1-5H3. The number of carbonyl (C=O) groups is 1. The van der Waals surface area contributed by atoms with Crippen molar-refractivity contribution >= 4 is 5.97 Å². The third-order valence-electron chi connectivity index (χ3n) is 2.98. The Balaban J connectivity index is 3.32. The second-order valence-electron chi connectivity index (χ2n) is 5.03. The molecule has 23 heavy (non-hydrogen) atoms. The Labute approximate surface area is 136 Å². The highest BCUT2D eigenvalue weighted by molar-refractivity contribution is 5.92. The molecule has 0 aromatic heterocycles. The van der Waals surface area contributed by atoms with E-state index in [-0.39, 0.29) is 13.6 Å². The van der Waals surface area contributed by atoms with Crippen molar-refractivity contribution in [3.63, 3.8) is 0 Å². The van der Waals surface area contributed by atoms with E-state index in [1.165, 1.54) is 21.3 Å². The molecule has 6 nitrogen and oxygen atoms in total. The van der Waals surface area contributed by atoms with Gasteiger partial charge in [-0.2, -0.15) is 0 Å². The third kappa shape index (κ3) is 5.92. The predicted octanol–water partition coefficient (Wildman–Crippen LogP) is 2.95. The molecule has 0 unspecified atom stereocenters. The summed E-state index contributed by atoms with van der Waals surface area (Å²) in [5.41, 5.74) is 2.25. The van der Waals surface area contributed by atoms with Gasteiger partial charge >= 0.3 is 5.97 Å². The molecule has 0 saturated heterocycles. The Bertz CT molecular complexity index is 546. The molecule has 0 atom stereocenters. The topological polar surface area (TPSA) is 63.2 Å². The van der Waals surface area contributed by atoms with Gasteiger partial charge in [0, 0.05) is 25.8 Å². The minimum Gasteiger partial charge on any atom is -0.467 e. The Hall–Kier alpha value is -2.05. The molecule has 1 rings (SSSR count). The number of ether oxygens (including phenoxy) is 5. The van der Waals surface area contributed by atoms with Crippen molar-refractivity contribution in [2.24, 2.45) is 0 Å². The van der Waals surface area contributed by atoms with Crippen molar-refractivity contribution in [1.82, 2.24) is 0 Å². The summed E-state index contributed by atoms with van der Waals surface area (Å²) in [7, 11) is 4.39. The molecule has 0 aliphatic heterocycles. The van der Waals surface area contributed by atoms with E-state index < -0.39 is 5.97 Å². The van der Waals surface area contributed by atoms with E-state index >= 15 is 0 Å². The molecule has 6 heteroatoms. The fourth-order valence-corrected chi connectivity index (χ4v) is 1.89. The van der Waals surface area contributed by atoms with Crippen LogP contribution in [0.25, 0.3) is 0 Å². The summed E-state index contributed by atoms with van der Waals surface area (Å²) in [6.07, 6.45) is 2.55. The molecule has 0 amide bonds. The molecule has 0 radical (unpaired) electrons. The summed E-state index contributed by atoms with van der Waals surface area (Å²) in [5.74, 6) is 0.518. The predicted molar refractivity (Wildman–Crippen MR) is 85.9 cm³/mol. The highest BCUT2D eigenvalue weighted by Crippen LogP contribution is 2.31. The highest BCUT2D eigenvalue weighted by atomic mass is 16.7. The number of rotatable bonds is 9. The van der Waals surface area contributed by atoms with Crippen LogP contribution in [0.4, 0.5) is 0 Å². The maximum Gasteiger partial charge on any atom is 0.338 e. The van der Waals surface area contributed by atoms with Crippen molar-refractivity contribution in [3.8, 4) is 11.5 Å². The van der Waals surface area contributed by atoms with Gasteiger partial charge in [-0.25, -0.2) is 4.79 Å². The molecule has 0 saturated carbocycles. The Morgan fingerprint density at radius 1 is 1.04 bits per heavy atom. The molecule has 1 aromatic carbocycles. The van der Waals surface area contributed by atoms with Gasteiger partial charge in [0.25, 0.3) is 0 Å². The molecule has 0 heterocycles. The van der Waals surface area contributed by atoms with Crippen LogP contribution in [0.3, 0.4) is 0 Å². The fourth-order valence-electron chi connectivity index (χ4n) is 1.89. The van der Waals surface area contributed by atoms with E-state index in [0.29, 0.717) is 23.5 Å². The highest BCUT2D eigenvalue weighted by Gasteiger charge is 2.18. The summed E-state index contributed by atoms with van der Waals surface area (Å²) in [4.78, 5) is 12.1. The van der Waals surface area contributed by atoms with Crippen LogP contribution in [-0.2, 0) is 20.6 Å². The average molecular weight is 324 g/mol. The van der Waals surface area contributed by atoms with Gasteiger partial charge in [0.05, 0.1) is 12.7 Å². The van der Waals surface area contributed by atoms with Crippen LogP contribution in [0.1, 0.15) is 29.8 Å². The van der Waals surface area contributed by atoms with E-state index in [1.54, 1.807) is 12.1 Å². The molecular weight excluding hydrogens is 300 g/mol. The first-order valence-electron chi connectivity index (χ1n) is 7.15. The van der Waals surface area contributed by atoms with Crippen molar-refractivity contribution in [2.75, 3.05) is 34.9 Å². The van der Waals surface area contributed by atoms with Crippen molar-refractivity contribution < 1.29 is 28.5 Å². The molecule has 128 valence electrons. The summed E-state index contributed by atoms with van der Waals surface area (Å²) in [6.45, 7) is 4.11. The van der Waals surface area contributed by atoms with Crippen molar-refractivity contribution in [3.05, 3.63) is 34.9 Å². The van der Waals surface area contributed by atoms with Crippen LogP contribution in [0.2, 0.25) is 0 Å². The number of benzene rings is 1. The summed E-state index contributed by atoms with van der Waals surface area (Å²) >= 11 is 0. The first-order valence-corrected chi connectivity index (χ1v) is 7.15. The quantitative estimate of drug-likeness (QED) is 0.395. The minimum absolute atomic E-state index is 0.0656. The molecule has 0 bridgehead atoms. The second-order valence-corrected chi connectivity index (χ2v) is 5.03. The number of carbonyl (C=O) groups excluding carboxylic acids is 1. The minimum atomic E-state index is -0.452. The molecule has 0 fully saturated rings. The Morgan fingerprint density at radius 3 is 2.26 bits per heavy atom. The van der Waals surface area contributed by atoms with Crippen LogP contribution in [0.15, 0.2) is 23.8 Å². The van der Waals surface area contributed by atoms with Gasteiger partial charge in [-0.1, -0.05) is 11.6 Å². The normalized spacial score (nSPS) is 10.1. The van der Waals surface area contributed by atoms with Crippen LogP contribution < -0.4 is 9.47 Å². The lowest BCUT2D eigenvalue weighted by molar-refractivity contribution is 0.0446.